The molecule has 0 bridgehead atoms. The first-order valence-electron chi connectivity index (χ1n) is 7.39. The molecule has 0 saturated carbocycles. The lowest BCUT2D eigenvalue weighted by molar-refractivity contribution is -0.125. The SMILES string of the molecule is Cc1ccc(F)c(C(=O)N2CCC3NC(=O)CCC3C2)c1. The number of halogens is 1. The second kappa shape index (κ2) is 5.47. The number of hydrogen-bond acceptors (Lipinski definition) is 2. The van der Waals surface area contributed by atoms with Crippen molar-refractivity contribution < 1.29 is 14.0 Å². The highest BCUT2D eigenvalue weighted by atomic mass is 19.1. The van der Waals surface area contributed by atoms with Gasteiger partial charge in [0.15, 0.2) is 0 Å². The lowest BCUT2D eigenvalue weighted by Gasteiger charge is -2.41. The van der Waals surface area contributed by atoms with Gasteiger partial charge in [0.1, 0.15) is 5.82 Å². The van der Waals surface area contributed by atoms with E-state index >= 15 is 0 Å². The van der Waals surface area contributed by atoms with Gasteiger partial charge in [0.25, 0.3) is 5.91 Å². The number of fused-ring (bicyclic) bond motifs is 1. The van der Waals surface area contributed by atoms with Gasteiger partial charge in [0.2, 0.25) is 5.91 Å². The third-order valence-electron chi connectivity index (χ3n) is 4.46. The Hall–Kier alpha value is -1.91. The molecule has 2 fully saturated rings. The zero-order chi connectivity index (χ0) is 15.0. The number of piperidine rings is 2. The van der Waals surface area contributed by atoms with Crippen LogP contribution in [0, 0.1) is 18.7 Å². The minimum Gasteiger partial charge on any atom is -0.353 e. The smallest absolute Gasteiger partial charge is 0.256 e. The molecule has 2 aliphatic heterocycles. The lowest BCUT2D eigenvalue weighted by atomic mass is 9.85. The number of rotatable bonds is 1. The number of benzene rings is 1. The number of nitrogens with one attached hydrogen (secondary N) is 1. The van der Waals surface area contributed by atoms with Gasteiger partial charge in [-0.3, -0.25) is 9.59 Å². The van der Waals surface area contributed by atoms with Gasteiger partial charge < -0.3 is 10.2 Å². The quantitative estimate of drug-likeness (QED) is 0.858. The molecule has 1 N–H and O–H groups in total. The number of carbonyl (C=O) groups excluding carboxylic acids is 2. The number of carbonyl (C=O) groups is 2. The molecule has 0 aromatic heterocycles. The van der Waals surface area contributed by atoms with Crippen LogP contribution < -0.4 is 5.32 Å². The largest absolute Gasteiger partial charge is 0.353 e. The molecule has 2 aliphatic rings. The highest BCUT2D eigenvalue weighted by molar-refractivity contribution is 5.94. The van der Waals surface area contributed by atoms with Crippen molar-refractivity contribution in [2.24, 2.45) is 5.92 Å². The summed E-state index contributed by atoms with van der Waals surface area (Å²) in [4.78, 5) is 25.6. The topological polar surface area (TPSA) is 49.4 Å². The average molecular weight is 290 g/mol. The van der Waals surface area contributed by atoms with Crippen LogP contribution in [0.4, 0.5) is 4.39 Å². The van der Waals surface area contributed by atoms with Crippen molar-refractivity contribution in [2.75, 3.05) is 13.1 Å². The summed E-state index contributed by atoms with van der Waals surface area (Å²) in [7, 11) is 0. The maximum absolute atomic E-state index is 13.9. The van der Waals surface area contributed by atoms with Crippen molar-refractivity contribution in [3.63, 3.8) is 0 Å². The number of hydrogen-bond donors (Lipinski definition) is 1. The monoisotopic (exact) mass is 290 g/mol. The van der Waals surface area contributed by atoms with Gasteiger partial charge in [0.05, 0.1) is 5.56 Å². The van der Waals surface area contributed by atoms with E-state index in [-0.39, 0.29) is 29.3 Å². The molecule has 21 heavy (non-hydrogen) atoms. The summed E-state index contributed by atoms with van der Waals surface area (Å²) in [6, 6.07) is 4.77. The van der Waals surface area contributed by atoms with Crippen molar-refractivity contribution in [1.82, 2.24) is 10.2 Å². The molecule has 1 aromatic rings. The number of aryl methyl sites for hydroxylation is 1. The number of likely N-dealkylation sites (tertiary alicyclic amines) is 1. The molecular weight excluding hydrogens is 271 g/mol. The second-order valence-corrected chi connectivity index (χ2v) is 6.00. The summed E-state index contributed by atoms with van der Waals surface area (Å²) in [5.74, 6) is -0.328. The zero-order valence-electron chi connectivity index (χ0n) is 12.1. The van der Waals surface area contributed by atoms with E-state index in [4.69, 9.17) is 0 Å². The van der Waals surface area contributed by atoms with Gasteiger partial charge in [-0.15, -0.1) is 0 Å². The Morgan fingerprint density at radius 1 is 1.38 bits per heavy atom. The van der Waals surface area contributed by atoms with Crippen LogP contribution in [-0.4, -0.2) is 35.8 Å². The van der Waals surface area contributed by atoms with E-state index in [0.717, 1.165) is 18.4 Å². The summed E-state index contributed by atoms with van der Waals surface area (Å²) >= 11 is 0. The van der Waals surface area contributed by atoms with Crippen molar-refractivity contribution in [2.45, 2.75) is 32.2 Å². The van der Waals surface area contributed by atoms with Gasteiger partial charge in [0, 0.05) is 25.6 Å². The summed E-state index contributed by atoms with van der Waals surface area (Å²) in [6.07, 6.45) is 2.06. The Morgan fingerprint density at radius 3 is 3.00 bits per heavy atom. The molecule has 0 spiro atoms. The van der Waals surface area contributed by atoms with E-state index in [0.29, 0.717) is 19.5 Å². The molecule has 0 radical (unpaired) electrons. The molecule has 2 saturated heterocycles. The van der Waals surface area contributed by atoms with Crippen molar-refractivity contribution in [3.8, 4) is 0 Å². The fourth-order valence-corrected chi connectivity index (χ4v) is 3.27. The number of nitrogens with zero attached hydrogens (tertiary/aromatic N) is 1. The molecule has 2 heterocycles. The molecule has 2 atom stereocenters. The second-order valence-electron chi connectivity index (χ2n) is 6.00. The first-order chi connectivity index (χ1) is 10.0. The predicted molar refractivity (Wildman–Crippen MR) is 76.3 cm³/mol. The summed E-state index contributed by atoms with van der Waals surface area (Å²) in [5, 5.41) is 2.99. The average Bonchev–Trinajstić information content (AvgIpc) is 2.48. The lowest BCUT2D eigenvalue weighted by Crippen LogP contribution is -2.55. The van der Waals surface area contributed by atoms with E-state index in [1.807, 2.05) is 6.92 Å². The van der Waals surface area contributed by atoms with Crippen LogP contribution >= 0.6 is 0 Å². The number of amides is 2. The van der Waals surface area contributed by atoms with Gasteiger partial charge in [-0.25, -0.2) is 4.39 Å². The van der Waals surface area contributed by atoms with E-state index in [2.05, 4.69) is 5.32 Å². The summed E-state index contributed by atoms with van der Waals surface area (Å²) < 4.78 is 13.9. The molecule has 1 aromatic carbocycles. The van der Waals surface area contributed by atoms with Gasteiger partial charge in [-0.05, 0) is 37.8 Å². The van der Waals surface area contributed by atoms with Crippen molar-refractivity contribution in [3.05, 3.63) is 35.1 Å². The molecular formula is C16H19FN2O2. The first kappa shape index (κ1) is 14.0. The van der Waals surface area contributed by atoms with Crippen LogP contribution in [0.15, 0.2) is 18.2 Å². The van der Waals surface area contributed by atoms with Crippen molar-refractivity contribution >= 4 is 11.8 Å². The molecule has 112 valence electrons. The fraction of sp³-hybridized carbons (Fsp3) is 0.500. The Kier molecular flexibility index (Phi) is 3.66. The van der Waals surface area contributed by atoms with Crippen molar-refractivity contribution in [1.29, 1.82) is 0 Å². The first-order valence-corrected chi connectivity index (χ1v) is 7.39. The minimum atomic E-state index is -0.468. The molecule has 5 heteroatoms. The fourth-order valence-electron chi connectivity index (χ4n) is 3.27. The Bertz CT molecular complexity index is 588. The molecule has 3 rings (SSSR count). The maximum Gasteiger partial charge on any atom is 0.256 e. The third-order valence-corrected chi connectivity index (χ3v) is 4.46. The molecule has 2 unspecified atom stereocenters. The standard InChI is InChI=1S/C16H19FN2O2/c1-10-2-4-13(17)12(8-10)16(21)19-7-6-14-11(9-19)3-5-15(20)18-14/h2,4,8,11,14H,3,5-7,9H2,1H3,(H,18,20). The van der Waals surface area contributed by atoms with E-state index in [1.165, 1.54) is 6.07 Å². The third kappa shape index (κ3) is 2.77. The van der Waals surface area contributed by atoms with Gasteiger partial charge in [-0.2, -0.15) is 0 Å². The Balaban J connectivity index is 1.74. The summed E-state index contributed by atoms with van der Waals surface area (Å²) in [6.45, 7) is 3.00. The highest BCUT2D eigenvalue weighted by Gasteiger charge is 2.35. The maximum atomic E-state index is 13.9. The van der Waals surface area contributed by atoms with E-state index in [1.54, 1.807) is 17.0 Å². The predicted octanol–water partition coefficient (Wildman–Crippen LogP) is 1.87. The Labute approximate surface area is 123 Å². The zero-order valence-corrected chi connectivity index (χ0v) is 12.1. The van der Waals surface area contributed by atoms with Crippen LogP contribution in [-0.2, 0) is 4.79 Å². The highest BCUT2D eigenvalue weighted by Crippen LogP contribution is 2.26. The normalized spacial score (nSPS) is 25.2. The van der Waals surface area contributed by atoms with Crippen LogP contribution in [0.2, 0.25) is 0 Å². The van der Waals surface area contributed by atoms with E-state index < -0.39 is 5.82 Å². The molecule has 0 aliphatic carbocycles. The van der Waals surface area contributed by atoms with Gasteiger partial charge in [-0.1, -0.05) is 11.6 Å². The van der Waals surface area contributed by atoms with Crippen LogP contribution in [0.3, 0.4) is 0 Å². The molecule has 4 nitrogen and oxygen atoms in total. The van der Waals surface area contributed by atoms with Crippen LogP contribution in [0.5, 0.6) is 0 Å². The Morgan fingerprint density at radius 2 is 2.19 bits per heavy atom. The van der Waals surface area contributed by atoms with E-state index in [9.17, 15) is 14.0 Å². The van der Waals surface area contributed by atoms with Crippen LogP contribution in [0.1, 0.15) is 35.2 Å². The summed E-state index contributed by atoms with van der Waals surface area (Å²) in [5.41, 5.74) is 1.02. The molecule has 2 amide bonds. The van der Waals surface area contributed by atoms with Gasteiger partial charge >= 0.3 is 0 Å². The minimum absolute atomic E-state index is 0.0979. The van der Waals surface area contributed by atoms with Crippen LogP contribution in [0.25, 0.3) is 0 Å².